The lowest BCUT2D eigenvalue weighted by atomic mass is 9.93. The molecule has 5 nitrogen and oxygen atoms in total. The first-order chi connectivity index (χ1) is 10.8. The van der Waals surface area contributed by atoms with Crippen LogP contribution >= 0.6 is 0 Å². The third-order valence-corrected chi connectivity index (χ3v) is 4.71. The Kier molecular flexibility index (Phi) is 7.76. The number of aliphatic carboxylic acids is 1. The molecule has 0 spiro atoms. The fourth-order valence-corrected chi connectivity index (χ4v) is 3.23. The number of allylic oxidation sites excluding steroid dienone is 1. The molecular formula is C18H31NO4. The Balaban J connectivity index is 2.71. The van der Waals surface area contributed by atoms with Crippen LogP contribution in [0.1, 0.15) is 59.8 Å². The Labute approximate surface area is 139 Å². The number of aliphatic hydroxyl groups is 1. The highest BCUT2D eigenvalue weighted by Gasteiger charge is 2.37. The zero-order valence-electron chi connectivity index (χ0n) is 14.8. The van der Waals surface area contributed by atoms with E-state index in [1.807, 2.05) is 13.0 Å². The normalized spacial score (nSPS) is 22.7. The summed E-state index contributed by atoms with van der Waals surface area (Å²) in [7, 11) is 0. The van der Waals surface area contributed by atoms with Crippen LogP contribution in [0, 0.1) is 11.8 Å². The van der Waals surface area contributed by atoms with Crippen molar-refractivity contribution < 1.29 is 19.8 Å². The Bertz CT molecular complexity index is 446. The summed E-state index contributed by atoms with van der Waals surface area (Å²) in [5.41, 5.74) is 0.792. The van der Waals surface area contributed by atoms with E-state index in [0.29, 0.717) is 25.3 Å². The van der Waals surface area contributed by atoms with Gasteiger partial charge in [0.2, 0.25) is 5.91 Å². The molecule has 0 aromatic heterocycles. The summed E-state index contributed by atoms with van der Waals surface area (Å²) in [6.07, 6.45) is 5.71. The van der Waals surface area contributed by atoms with Gasteiger partial charge in [-0.1, -0.05) is 39.7 Å². The minimum Gasteiger partial charge on any atom is -0.480 e. The highest BCUT2D eigenvalue weighted by atomic mass is 16.4. The van der Waals surface area contributed by atoms with Crippen molar-refractivity contribution >= 4 is 11.9 Å². The van der Waals surface area contributed by atoms with Gasteiger partial charge in [0.25, 0.3) is 0 Å². The molecule has 132 valence electrons. The summed E-state index contributed by atoms with van der Waals surface area (Å²) < 4.78 is 0. The molecule has 0 radical (unpaired) electrons. The monoisotopic (exact) mass is 325 g/mol. The van der Waals surface area contributed by atoms with Crippen LogP contribution in [0.3, 0.4) is 0 Å². The van der Waals surface area contributed by atoms with Gasteiger partial charge < -0.3 is 15.1 Å². The molecule has 5 heteroatoms. The van der Waals surface area contributed by atoms with E-state index in [1.54, 1.807) is 6.92 Å². The summed E-state index contributed by atoms with van der Waals surface area (Å²) in [5, 5.41) is 19.6. The van der Waals surface area contributed by atoms with Gasteiger partial charge in [0.15, 0.2) is 0 Å². The van der Waals surface area contributed by atoms with Gasteiger partial charge in [-0.25, -0.2) is 4.79 Å². The molecule has 0 aromatic carbocycles. The minimum atomic E-state index is -0.960. The molecule has 23 heavy (non-hydrogen) atoms. The van der Waals surface area contributed by atoms with Crippen LogP contribution in [0.2, 0.25) is 0 Å². The number of nitrogens with zero attached hydrogens (tertiary/aromatic N) is 1. The second-order valence-corrected chi connectivity index (χ2v) is 6.79. The number of unbranched alkanes of at least 4 members (excludes halogenated alkanes) is 1. The molecule has 0 saturated carbocycles. The second kappa shape index (κ2) is 9.06. The van der Waals surface area contributed by atoms with Crippen molar-refractivity contribution in [3.8, 4) is 0 Å². The van der Waals surface area contributed by atoms with Crippen LogP contribution in [0.25, 0.3) is 0 Å². The first-order valence-corrected chi connectivity index (χ1v) is 8.69. The van der Waals surface area contributed by atoms with Crippen LogP contribution in [0.5, 0.6) is 0 Å². The molecule has 1 saturated heterocycles. The molecule has 1 heterocycles. The largest absolute Gasteiger partial charge is 0.480 e. The van der Waals surface area contributed by atoms with Crippen LogP contribution in [0.4, 0.5) is 0 Å². The molecule has 1 aliphatic heterocycles. The maximum absolute atomic E-state index is 12.5. The van der Waals surface area contributed by atoms with Crippen LogP contribution in [-0.4, -0.2) is 45.7 Å². The molecule has 4 atom stereocenters. The second-order valence-electron chi connectivity index (χ2n) is 6.79. The van der Waals surface area contributed by atoms with Crippen molar-refractivity contribution in [2.45, 2.75) is 71.9 Å². The number of carbonyl (C=O) groups is 2. The van der Waals surface area contributed by atoms with Crippen LogP contribution in [-0.2, 0) is 9.59 Å². The number of hydrogen-bond donors (Lipinski definition) is 2. The fraction of sp³-hybridized carbons (Fsp3) is 0.778. The van der Waals surface area contributed by atoms with Crippen molar-refractivity contribution in [2.75, 3.05) is 6.54 Å². The first-order valence-electron chi connectivity index (χ1n) is 8.69. The number of carboxylic acids is 1. The number of rotatable bonds is 8. The van der Waals surface area contributed by atoms with E-state index in [9.17, 15) is 19.8 Å². The molecule has 0 aromatic rings. The number of carbonyl (C=O) groups excluding carboxylic acids is 1. The van der Waals surface area contributed by atoms with Gasteiger partial charge in [0.05, 0.1) is 12.0 Å². The number of amides is 1. The summed E-state index contributed by atoms with van der Waals surface area (Å²) >= 11 is 0. The van der Waals surface area contributed by atoms with Crippen molar-refractivity contribution in [2.24, 2.45) is 11.8 Å². The number of aliphatic hydroxyl groups excluding tert-OH is 1. The van der Waals surface area contributed by atoms with Crippen molar-refractivity contribution in [3.05, 3.63) is 11.6 Å². The predicted octanol–water partition coefficient (Wildman–Crippen LogP) is 2.83. The average Bonchev–Trinajstić information content (AvgIpc) is 3.00. The topological polar surface area (TPSA) is 77.8 Å². The van der Waals surface area contributed by atoms with Gasteiger partial charge >= 0.3 is 5.97 Å². The highest BCUT2D eigenvalue weighted by molar-refractivity contribution is 5.86. The zero-order chi connectivity index (χ0) is 17.6. The van der Waals surface area contributed by atoms with Crippen LogP contribution < -0.4 is 0 Å². The maximum atomic E-state index is 12.5. The van der Waals surface area contributed by atoms with Gasteiger partial charge in [-0.3, -0.25) is 4.79 Å². The van der Waals surface area contributed by atoms with E-state index in [2.05, 4.69) is 13.8 Å². The molecule has 1 aliphatic rings. The Morgan fingerprint density at radius 1 is 1.35 bits per heavy atom. The van der Waals surface area contributed by atoms with Crippen molar-refractivity contribution in [3.63, 3.8) is 0 Å². The lowest BCUT2D eigenvalue weighted by Gasteiger charge is -2.28. The fourth-order valence-electron chi connectivity index (χ4n) is 3.23. The summed E-state index contributed by atoms with van der Waals surface area (Å²) in [6, 6.07) is -0.745. The van der Waals surface area contributed by atoms with Gasteiger partial charge in [0, 0.05) is 6.54 Å². The summed E-state index contributed by atoms with van der Waals surface area (Å²) in [6.45, 7) is 8.24. The van der Waals surface area contributed by atoms with E-state index >= 15 is 0 Å². The Morgan fingerprint density at radius 2 is 2.00 bits per heavy atom. The van der Waals surface area contributed by atoms with E-state index in [1.165, 1.54) is 4.90 Å². The smallest absolute Gasteiger partial charge is 0.326 e. The zero-order valence-corrected chi connectivity index (χ0v) is 14.8. The van der Waals surface area contributed by atoms with Gasteiger partial charge in [-0.15, -0.1) is 0 Å². The molecule has 0 aliphatic carbocycles. The van der Waals surface area contributed by atoms with E-state index in [0.717, 1.165) is 24.8 Å². The molecule has 1 fully saturated rings. The quantitative estimate of drug-likeness (QED) is 0.673. The number of carboxylic acid groups (broad SMARTS) is 1. The Hall–Kier alpha value is -1.36. The third-order valence-electron chi connectivity index (χ3n) is 4.71. The molecular weight excluding hydrogens is 294 g/mol. The molecule has 2 N–H and O–H groups in total. The molecule has 0 bridgehead atoms. The van der Waals surface area contributed by atoms with Crippen LogP contribution in [0.15, 0.2) is 11.6 Å². The number of likely N-dealkylation sites (tertiary alicyclic amines) is 1. The van der Waals surface area contributed by atoms with Crippen molar-refractivity contribution in [1.29, 1.82) is 0 Å². The van der Waals surface area contributed by atoms with E-state index in [4.69, 9.17) is 0 Å². The Morgan fingerprint density at radius 3 is 2.57 bits per heavy atom. The molecule has 1 amide bonds. The van der Waals surface area contributed by atoms with E-state index in [-0.39, 0.29) is 5.91 Å². The maximum Gasteiger partial charge on any atom is 0.326 e. The molecule has 1 rings (SSSR count). The third kappa shape index (κ3) is 5.34. The standard InChI is InChI=1S/C18H31NO4/c1-5-6-8-12(2)11-13(3)16(20)14(4)17(21)19-10-7-9-15(19)18(22)23/h11-12,14-16,20H,5-10H2,1-4H3,(H,22,23)/b13-11+/t12?,14-,15-,16-/m0/s1. The van der Waals surface area contributed by atoms with Gasteiger partial charge in [0.1, 0.15) is 6.04 Å². The SMILES string of the molecule is CCCCC(C)/C=C(\C)[C@H](O)[C@H](C)C(=O)N1CCC[C@H]1C(=O)O. The van der Waals surface area contributed by atoms with E-state index < -0.39 is 24.0 Å². The summed E-state index contributed by atoms with van der Waals surface area (Å²) in [5.74, 6) is -1.48. The number of hydrogen-bond acceptors (Lipinski definition) is 3. The van der Waals surface area contributed by atoms with Gasteiger partial charge in [-0.2, -0.15) is 0 Å². The van der Waals surface area contributed by atoms with Gasteiger partial charge in [-0.05, 0) is 37.7 Å². The average molecular weight is 325 g/mol. The summed E-state index contributed by atoms with van der Waals surface area (Å²) in [4.78, 5) is 25.2. The van der Waals surface area contributed by atoms with Crippen molar-refractivity contribution in [1.82, 2.24) is 4.90 Å². The lowest BCUT2D eigenvalue weighted by Crippen LogP contribution is -2.45. The lowest BCUT2D eigenvalue weighted by molar-refractivity contribution is -0.150. The highest BCUT2D eigenvalue weighted by Crippen LogP contribution is 2.24. The molecule has 1 unspecified atom stereocenters. The predicted molar refractivity (Wildman–Crippen MR) is 90.0 cm³/mol. The first kappa shape index (κ1) is 19.7. The minimum absolute atomic E-state index is 0.267.